The second kappa shape index (κ2) is 16.4. The molecule has 0 aromatic heterocycles. The Kier molecular flexibility index (Phi) is 13.6. The summed E-state index contributed by atoms with van der Waals surface area (Å²) in [5.41, 5.74) is 2.58. The first-order valence-corrected chi connectivity index (χ1v) is 14.1. The van der Waals surface area contributed by atoms with Gasteiger partial charge in [-0.3, -0.25) is 0 Å². The van der Waals surface area contributed by atoms with E-state index in [9.17, 15) is 4.79 Å². The van der Waals surface area contributed by atoms with Crippen LogP contribution < -0.4 is 4.74 Å². The zero-order valence-corrected chi connectivity index (χ0v) is 23.5. The topological polar surface area (TPSA) is 35.5 Å². The molecule has 0 spiro atoms. The van der Waals surface area contributed by atoms with E-state index in [2.05, 4.69) is 52.2 Å². The molecule has 2 aromatic carbocycles. The maximum Gasteiger partial charge on any atom is 0.365 e. The van der Waals surface area contributed by atoms with Crippen molar-refractivity contribution in [2.75, 3.05) is 20.7 Å². The van der Waals surface area contributed by atoms with Gasteiger partial charge in [0.25, 0.3) is 0 Å². The van der Waals surface area contributed by atoms with Gasteiger partial charge in [-0.15, -0.1) is 0 Å². The monoisotopic (exact) mass is 496 g/mol. The fourth-order valence-corrected chi connectivity index (χ4v) is 4.77. The molecule has 200 valence electrons. The van der Waals surface area contributed by atoms with Crippen LogP contribution in [0.3, 0.4) is 0 Å². The van der Waals surface area contributed by atoms with E-state index in [0.29, 0.717) is 4.48 Å². The van der Waals surface area contributed by atoms with E-state index in [1.165, 1.54) is 56.1 Å². The summed E-state index contributed by atoms with van der Waals surface area (Å²) in [7, 11) is 4.23. The van der Waals surface area contributed by atoms with Crippen LogP contribution in [0.4, 0.5) is 0 Å². The zero-order chi connectivity index (χ0) is 26.2. The summed E-state index contributed by atoms with van der Waals surface area (Å²) in [6, 6.07) is 18.5. The summed E-state index contributed by atoms with van der Waals surface area (Å²) >= 11 is 0. The average molecular weight is 497 g/mol. The molecule has 0 radical (unpaired) electrons. The summed E-state index contributed by atoms with van der Waals surface area (Å²) in [5, 5.41) is 0. The van der Waals surface area contributed by atoms with Gasteiger partial charge in [-0.1, -0.05) is 94.8 Å². The van der Waals surface area contributed by atoms with Crippen molar-refractivity contribution in [1.82, 2.24) is 0 Å². The number of aryl methyl sites for hydroxylation is 1. The van der Waals surface area contributed by atoms with Crippen molar-refractivity contribution in [3.8, 4) is 5.75 Å². The Morgan fingerprint density at radius 1 is 0.806 bits per heavy atom. The predicted octanol–water partition coefficient (Wildman–Crippen LogP) is 7.74. The first-order chi connectivity index (χ1) is 17.4. The van der Waals surface area contributed by atoms with Crippen LogP contribution in [0.15, 0.2) is 54.6 Å². The van der Waals surface area contributed by atoms with Crippen LogP contribution in [0.2, 0.25) is 0 Å². The quantitative estimate of drug-likeness (QED) is 0.120. The second-order valence-electron chi connectivity index (χ2n) is 10.8. The van der Waals surface area contributed by atoms with Crippen LogP contribution in [0, 0.1) is 0 Å². The number of quaternary nitrogens is 1. The van der Waals surface area contributed by atoms with Crippen molar-refractivity contribution in [3.05, 3.63) is 65.7 Å². The average Bonchev–Trinajstić information content (AvgIpc) is 2.86. The van der Waals surface area contributed by atoms with Crippen LogP contribution in [-0.2, 0) is 22.5 Å². The molecule has 0 fully saturated rings. The van der Waals surface area contributed by atoms with Crippen LogP contribution in [-0.4, -0.2) is 43.3 Å². The Morgan fingerprint density at radius 3 is 2.08 bits per heavy atom. The number of ether oxygens (including phenoxy) is 2. The van der Waals surface area contributed by atoms with Crippen molar-refractivity contribution < 1.29 is 18.8 Å². The molecule has 0 heterocycles. The largest absolute Gasteiger partial charge is 0.487 e. The van der Waals surface area contributed by atoms with Gasteiger partial charge in [0.2, 0.25) is 0 Å². The molecule has 4 heteroatoms. The van der Waals surface area contributed by atoms with Gasteiger partial charge in [-0.2, -0.15) is 0 Å². The second-order valence-corrected chi connectivity index (χ2v) is 10.8. The smallest absolute Gasteiger partial charge is 0.365 e. The van der Waals surface area contributed by atoms with Gasteiger partial charge in [0.1, 0.15) is 25.0 Å². The number of carbonyl (C=O) groups excluding carboxylic acids is 1. The molecule has 0 bridgehead atoms. The van der Waals surface area contributed by atoms with Gasteiger partial charge in [0.15, 0.2) is 6.04 Å². The lowest BCUT2D eigenvalue weighted by Gasteiger charge is -2.36. The summed E-state index contributed by atoms with van der Waals surface area (Å²) < 4.78 is 12.4. The first kappa shape index (κ1) is 29.9. The number of benzene rings is 2. The van der Waals surface area contributed by atoms with Gasteiger partial charge in [0.05, 0.1) is 14.1 Å². The van der Waals surface area contributed by atoms with Crippen LogP contribution in [0.25, 0.3) is 0 Å². The molecule has 4 nitrogen and oxygen atoms in total. The minimum atomic E-state index is -0.201. The Bertz CT molecular complexity index is 847. The van der Waals surface area contributed by atoms with E-state index in [4.69, 9.17) is 9.47 Å². The van der Waals surface area contributed by atoms with E-state index in [0.717, 1.165) is 31.6 Å². The number of likely N-dealkylation sites (N-methyl/N-ethyl adjacent to an activating group) is 1. The van der Waals surface area contributed by atoms with Gasteiger partial charge in [-0.05, 0) is 43.9 Å². The third-order valence-electron chi connectivity index (χ3n) is 6.90. The number of rotatable bonds is 18. The van der Waals surface area contributed by atoms with Crippen LogP contribution >= 0.6 is 0 Å². The third-order valence-corrected chi connectivity index (χ3v) is 6.90. The lowest BCUT2D eigenvalue weighted by molar-refractivity contribution is -0.920. The number of nitrogens with zero attached hydrogens (tertiary/aromatic N) is 1. The molecule has 0 saturated carbocycles. The van der Waals surface area contributed by atoms with Crippen molar-refractivity contribution in [2.45, 2.75) is 104 Å². The van der Waals surface area contributed by atoms with Crippen molar-refractivity contribution in [2.24, 2.45) is 0 Å². The fourth-order valence-electron chi connectivity index (χ4n) is 4.77. The highest BCUT2D eigenvalue weighted by Gasteiger charge is 2.36. The molecule has 2 atom stereocenters. The molecule has 2 unspecified atom stereocenters. The Labute approximate surface area is 220 Å². The first-order valence-electron chi connectivity index (χ1n) is 14.1. The van der Waals surface area contributed by atoms with Gasteiger partial charge >= 0.3 is 5.97 Å². The Morgan fingerprint density at radius 2 is 1.44 bits per heavy atom. The Balaban J connectivity index is 1.77. The van der Waals surface area contributed by atoms with Gasteiger partial charge < -0.3 is 14.0 Å². The lowest BCUT2D eigenvalue weighted by Crippen LogP contribution is -2.53. The van der Waals surface area contributed by atoms with Crippen molar-refractivity contribution in [1.29, 1.82) is 0 Å². The third kappa shape index (κ3) is 11.2. The predicted molar refractivity (Wildman–Crippen MR) is 150 cm³/mol. The standard InChI is InChI=1S/C32H50NO3/c1-6-8-9-10-11-12-14-18-28-21-23-30(24-22-28)36-27(3)26-35-32(34)31(17-7-2)33(4,5)25-29-19-15-13-16-20-29/h13,15-16,19-24,27,31H,6-12,14,17-18,25-26H2,1-5H3/q+1. The summed E-state index contributed by atoms with van der Waals surface area (Å²) in [5.74, 6) is 0.686. The maximum atomic E-state index is 13.1. The summed E-state index contributed by atoms with van der Waals surface area (Å²) in [6.45, 7) is 7.38. The number of carbonyl (C=O) groups is 1. The minimum absolute atomic E-state index is 0.140. The Hall–Kier alpha value is -2.33. The molecular formula is C32H50NO3+. The van der Waals surface area contributed by atoms with E-state index in [1.54, 1.807) is 0 Å². The molecule has 2 aromatic rings. The molecule has 36 heavy (non-hydrogen) atoms. The molecule has 0 saturated heterocycles. The molecule has 0 aliphatic heterocycles. The highest BCUT2D eigenvalue weighted by molar-refractivity contribution is 5.74. The number of unbranched alkanes of at least 4 members (excludes halogenated alkanes) is 6. The molecule has 0 aliphatic carbocycles. The van der Waals surface area contributed by atoms with Crippen LogP contribution in [0.5, 0.6) is 5.75 Å². The van der Waals surface area contributed by atoms with Gasteiger partial charge in [-0.25, -0.2) is 4.79 Å². The van der Waals surface area contributed by atoms with Crippen LogP contribution in [0.1, 0.15) is 89.7 Å². The van der Waals surface area contributed by atoms with E-state index >= 15 is 0 Å². The van der Waals surface area contributed by atoms with Crippen molar-refractivity contribution in [3.63, 3.8) is 0 Å². The molecule has 0 amide bonds. The highest BCUT2D eigenvalue weighted by Crippen LogP contribution is 2.20. The van der Waals surface area contributed by atoms with Gasteiger partial charge in [0, 0.05) is 12.0 Å². The fraction of sp³-hybridized carbons (Fsp3) is 0.594. The van der Waals surface area contributed by atoms with E-state index in [1.807, 2.05) is 37.3 Å². The zero-order valence-electron chi connectivity index (χ0n) is 23.5. The van der Waals surface area contributed by atoms with E-state index in [-0.39, 0.29) is 24.7 Å². The van der Waals surface area contributed by atoms with Crippen molar-refractivity contribution >= 4 is 5.97 Å². The summed E-state index contributed by atoms with van der Waals surface area (Å²) in [6.07, 6.45) is 12.0. The molecule has 0 aliphatic rings. The minimum Gasteiger partial charge on any atom is -0.487 e. The van der Waals surface area contributed by atoms with E-state index < -0.39 is 0 Å². The lowest BCUT2D eigenvalue weighted by atomic mass is 10.0. The SMILES string of the molecule is CCCCCCCCCc1ccc(OC(C)COC(=O)C(CCC)[N+](C)(C)Cc2ccccc2)cc1. The molecule has 2 rings (SSSR count). The number of hydrogen-bond acceptors (Lipinski definition) is 3. The number of hydrogen-bond donors (Lipinski definition) is 0. The highest BCUT2D eigenvalue weighted by atomic mass is 16.6. The maximum absolute atomic E-state index is 13.1. The normalized spacial score (nSPS) is 13.2. The molecular weight excluding hydrogens is 446 g/mol. The summed E-state index contributed by atoms with van der Waals surface area (Å²) in [4.78, 5) is 13.1. The molecule has 0 N–H and O–H groups in total. The number of esters is 1.